The first-order valence-electron chi connectivity index (χ1n) is 5.74. The SMILES string of the molecule is Cc1cc(Cl)c(NS(=O)(=O)c2ccc(N)cc2Br)cc1Cl. The van der Waals surface area contributed by atoms with Crippen LogP contribution in [0.2, 0.25) is 10.0 Å². The Kier molecular flexibility index (Phi) is 4.72. The predicted molar refractivity (Wildman–Crippen MR) is 90.6 cm³/mol. The average Bonchev–Trinajstić information content (AvgIpc) is 2.35. The van der Waals surface area contributed by atoms with Crippen molar-refractivity contribution < 1.29 is 8.42 Å². The zero-order chi connectivity index (χ0) is 15.8. The molecular formula is C13H11BrCl2N2O2S. The van der Waals surface area contributed by atoms with Gasteiger partial charge in [0, 0.05) is 15.2 Å². The average molecular weight is 410 g/mol. The lowest BCUT2D eigenvalue weighted by Crippen LogP contribution is -2.14. The topological polar surface area (TPSA) is 72.2 Å². The van der Waals surface area contributed by atoms with E-state index in [4.69, 9.17) is 28.9 Å². The van der Waals surface area contributed by atoms with Crippen LogP contribution in [0.3, 0.4) is 0 Å². The number of rotatable bonds is 3. The largest absolute Gasteiger partial charge is 0.399 e. The molecule has 0 bridgehead atoms. The molecule has 0 aromatic heterocycles. The van der Waals surface area contributed by atoms with Crippen molar-refractivity contribution in [1.29, 1.82) is 0 Å². The molecule has 112 valence electrons. The van der Waals surface area contributed by atoms with Crippen LogP contribution in [0.25, 0.3) is 0 Å². The van der Waals surface area contributed by atoms with Gasteiger partial charge >= 0.3 is 0 Å². The van der Waals surface area contributed by atoms with Gasteiger partial charge < -0.3 is 5.73 Å². The van der Waals surface area contributed by atoms with Crippen LogP contribution >= 0.6 is 39.1 Å². The van der Waals surface area contributed by atoms with Crippen LogP contribution in [0.1, 0.15) is 5.56 Å². The van der Waals surface area contributed by atoms with Crippen LogP contribution in [0.15, 0.2) is 39.7 Å². The van der Waals surface area contributed by atoms with E-state index in [1.165, 1.54) is 24.3 Å². The Hall–Kier alpha value is -0.950. The molecule has 3 N–H and O–H groups in total. The molecule has 8 heteroatoms. The minimum absolute atomic E-state index is 0.0597. The van der Waals surface area contributed by atoms with Crippen LogP contribution in [-0.2, 0) is 10.0 Å². The second-order valence-electron chi connectivity index (χ2n) is 4.38. The lowest BCUT2D eigenvalue weighted by Gasteiger charge is -2.12. The monoisotopic (exact) mass is 408 g/mol. The van der Waals surface area contributed by atoms with Crippen molar-refractivity contribution >= 4 is 60.5 Å². The number of aryl methyl sites for hydroxylation is 1. The number of nitrogens with one attached hydrogen (secondary N) is 1. The van der Waals surface area contributed by atoms with E-state index in [9.17, 15) is 8.42 Å². The normalized spacial score (nSPS) is 11.4. The van der Waals surface area contributed by atoms with E-state index >= 15 is 0 Å². The molecule has 0 aliphatic carbocycles. The smallest absolute Gasteiger partial charge is 0.263 e. The molecule has 0 saturated heterocycles. The molecule has 0 amide bonds. The molecule has 0 spiro atoms. The van der Waals surface area contributed by atoms with Crippen LogP contribution < -0.4 is 10.5 Å². The van der Waals surface area contributed by atoms with E-state index < -0.39 is 10.0 Å². The van der Waals surface area contributed by atoms with Crippen LogP contribution in [0.4, 0.5) is 11.4 Å². The fourth-order valence-electron chi connectivity index (χ4n) is 1.66. The lowest BCUT2D eigenvalue weighted by molar-refractivity contribution is 0.601. The Morgan fingerprint density at radius 2 is 1.81 bits per heavy atom. The molecule has 0 aliphatic rings. The van der Waals surface area contributed by atoms with Gasteiger partial charge in [0.2, 0.25) is 0 Å². The predicted octanol–water partition coefficient (Wildman–Crippen LogP) is 4.45. The Morgan fingerprint density at radius 1 is 1.14 bits per heavy atom. The van der Waals surface area contributed by atoms with Crippen molar-refractivity contribution in [2.45, 2.75) is 11.8 Å². The highest BCUT2D eigenvalue weighted by Gasteiger charge is 2.19. The van der Waals surface area contributed by atoms with Gasteiger partial charge in [-0.3, -0.25) is 4.72 Å². The van der Waals surface area contributed by atoms with E-state index in [2.05, 4.69) is 20.7 Å². The summed E-state index contributed by atoms with van der Waals surface area (Å²) in [5.74, 6) is 0. The molecule has 0 saturated carbocycles. The molecule has 0 atom stereocenters. The van der Waals surface area contributed by atoms with Crippen LogP contribution in [0.5, 0.6) is 0 Å². The molecule has 0 aliphatic heterocycles. The summed E-state index contributed by atoms with van der Waals surface area (Å²) >= 11 is 15.2. The number of benzene rings is 2. The third-order valence-corrected chi connectivity index (χ3v) is 5.80. The number of nitrogens with two attached hydrogens (primary N) is 1. The van der Waals surface area contributed by atoms with Gasteiger partial charge in [0.25, 0.3) is 10.0 Å². The third kappa shape index (κ3) is 3.63. The standard InChI is InChI=1S/C13H11BrCl2N2O2S/c1-7-4-11(16)12(6-10(7)15)18-21(19,20)13-3-2-8(17)5-9(13)14/h2-6,18H,17H2,1H3. The maximum atomic E-state index is 12.4. The highest BCUT2D eigenvalue weighted by atomic mass is 79.9. The summed E-state index contributed by atoms with van der Waals surface area (Å²) in [7, 11) is -3.81. The number of sulfonamides is 1. The van der Waals surface area contributed by atoms with Gasteiger partial charge in [-0.05, 0) is 58.7 Å². The van der Waals surface area contributed by atoms with Gasteiger partial charge in [-0.15, -0.1) is 0 Å². The number of nitrogen functional groups attached to an aromatic ring is 1. The van der Waals surface area contributed by atoms with Crippen molar-refractivity contribution in [2.75, 3.05) is 10.5 Å². The first-order valence-corrected chi connectivity index (χ1v) is 8.77. The highest BCUT2D eigenvalue weighted by Crippen LogP contribution is 2.32. The summed E-state index contributed by atoms with van der Waals surface area (Å²) in [6.07, 6.45) is 0. The van der Waals surface area contributed by atoms with E-state index in [1.54, 1.807) is 13.0 Å². The van der Waals surface area contributed by atoms with Gasteiger partial charge in [0.15, 0.2) is 0 Å². The highest BCUT2D eigenvalue weighted by molar-refractivity contribution is 9.10. The van der Waals surface area contributed by atoms with Crippen LogP contribution in [0, 0.1) is 6.92 Å². The van der Waals surface area contributed by atoms with Crippen molar-refractivity contribution in [2.24, 2.45) is 0 Å². The molecule has 2 aromatic rings. The Balaban J connectivity index is 2.45. The molecule has 0 unspecified atom stereocenters. The van der Waals surface area contributed by atoms with Gasteiger partial charge in [0.1, 0.15) is 4.90 Å². The van der Waals surface area contributed by atoms with E-state index in [1.807, 2.05) is 0 Å². The molecule has 21 heavy (non-hydrogen) atoms. The molecular weight excluding hydrogens is 399 g/mol. The van der Waals surface area contributed by atoms with E-state index in [0.717, 1.165) is 5.56 Å². The third-order valence-electron chi connectivity index (χ3n) is 2.74. The number of hydrogen-bond donors (Lipinski definition) is 2. The quantitative estimate of drug-likeness (QED) is 0.735. The zero-order valence-corrected chi connectivity index (χ0v) is 14.7. The summed E-state index contributed by atoms with van der Waals surface area (Å²) in [6.45, 7) is 1.78. The molecule has 0 fully saturated rings. The van der Waals surface area contributed by atoms with Crippen molar-refractivity contribution in [3.8, 4) is 0 Å². The number of halogens is 3. The molecule has 2 aromatic carbocycles. The van der Waals surface area contributed by atoms with E-state index in [-0.39, 0.29) is 15.6 Å². The first-order chi connectivity index (χ1) is 9.70. The second kappa shape index (κ2) is 6.04. The summed E-state index contributed by atoms with van der Waals surface area (Å²) < 4.78 is 27.6. The Morgan fingerprint density at radius 3 is 2.43 bits per heavy atom. The van der Waals surface area contributed by atoms with Crippen molar-refractivity contribution in [1.82, 2.24) is 0 Å². The maximum absolute atomic E-state index is 12.4. The maximum Gasteiger partial charge on any atom is 0.263 e. The fourth-order valence-corrected chi connectivity index (χ4v) is 4.31. The summed E-state index contributed by atoms with van der Waals surface area (Å²) in [6, 6.07) is 7.49. The minimum Gasteiger partial charge on any atom is -0.399 e. The summed E-state index contributed by atoms with van der Waals surface area (Å²) in [5, 5.41) is 0.695. The van der Waals surface area contributed by atoms with Gasteiger partial charge in [-0.2, -0.15) is 0 Å². The molecule has 4 nitrogen and oxygen atoms in total. The van der Waals surface area contributed by atoms with Gasteiger partial charge in [-0.25, -0.2) is 8.42 Å². The minimum atomic E-state index is -3.81. The van der Waals surface area contributed by atoms with Crippen molar-refractivity contribution in [3.63, 3.8) is 0 Å². The Labute approximate surface area is 141 Å². The lowest BCUT2D eigenvalue weighted by atomic mass is 10.2. The molecule has 0 radical (unpaired) electrons. The van der Waals surface area contributed by atoms with Gasteiger partial charge in [0.05, 0.1) is 10.7 Å². The Bertz CT molecular complexity index is 810. The summed E-state index contributed by atoms with van der Waals surface area (Å²) in [4.78, 5) is 0.0597. The molecule has 2 rings (SSSR count). The van der Waals surface area contributed by atoms with E-state index in [0.29, 0.717) is 15.2 Å². The fraction of sp³-hybridized carbons (Fsp3) is 0.0769. The second-order valence-corrected chi connectivity index (χ2v) is 7.70. The first kappa shape index (κ1) is 16.4. The zero-order valence-electron chi connectivity index (χ0n) is 10.8. The molecule has 0 heterocycles. The van der Waals surface area contributed by atoms with Crippen molar-refractivity contribution in [3.05, 3.63) is 50.4 Å². The van der Waals surface area contributed by atoms with Gasteiger partial charge in [-0.1, -0.05) is 23.2 Å². The number of hydrogen-bond acceptors (Lipinski definition) is 3. The summed E-state index contributed by atoms with van der Waals surface area (Å²) in [5.41, 5.74) is 7.04. The number of anilines is 2. The van der Waals surface area contributed by atoms with Crippen LogP contribution in [-0.4, -0.2) is 8.42 Å².